The molecule has 2 amide bonds. The third-order valence-corrected chi connectivity index (χ3v) is 4.58. The molecule has 0 aliphatic heterocycles. The maximum Gasteiger partial charge on any atom is 0.431 e. The molecule has 1 aromatic heterocycles. The fourth-order valence-corrected chi connectivity index (χ4v) is 3.01. The fourth-order valence-electron chi connectivity index (χ4n) is 3.01. The van der Waals surface area contributed by atoms with E-state index in [9.17, 15) is 27.6 Å². The van der Waals surface area contributed by atoms with Crippen LogP contribution in [0.15, 0.2) is 59.4 Å². The van der Waals surface area contributed by atoms with Gasteiger partial charge < -0.3 is 20.8 Å². The molecule has 3 aromatic rings. The van der Waals surface area contributed by atoms with Gasteiger partial charge >= 0.3 is 6.18 Å². The highest BCUT2D eigenvalue weighted by Gasteiger charge is 2.36. The predicted molar refractivity (Wildman–Crippen MR) is 110 cm³/mol. The summed E-state index contributed by atoms with van der Waals surface area (Å²) < 4.78 is 45.9. The Kier molecular flexibility index (Phi) is 6.33. The number of ether oxygens (including phenoxy) is 1. The Morgan fingerprint density at radius 1 is 1.09 bits per heavy atom. The largest absolute Gasteiger partial charge is 0.489 e. The number of aromatic nitrogens is 1. The molecule has 0 bridgehead atoms. The van der Waals surface area contributed by atoms with Crippen LogP contribution in [0.25, 0.3) is 11.1 Å². The Bertz CT molecular complexity index is 1220. The van der Waals surface area contributed by atoms with Crippen molar-refractivity contribution in [3.8, 4) is 16.9 Å². The number of aromatic amines is 1. The number of benzene rings is 2. The SMILES string of the molecule is CNC(=O)c1cccc(COc2ccc(-c3cc(C(N)=O)c(=O)[nH]c3C(F)(F)F)cc2)c1. The first kappa shape index (κ1) is 22.6. The number of pyridine rings is 1. The summed E-state index contributed by atoms with van der Waals surface area (Å²) in [6.07, 6.45) is -4.85. The molecule has 0 saturated carbocycles. The molecule has 0 radical (unpaired) electrons. The second-order valence-corrected chi connectivity index (χ2v) is 6.76. The van der Waals surface area contributed by atoms with Crippen LogP contribution in [0.3, 0.4) is 0 Å². The lowest BCUT2D eigenvalue weighted by Gasteiger charge is -2.14. The van der Waals surface area contributed by atoms with E-state index in [2.05, 4.69) is 5.32 Å². The van der Waals surface area contributed by atoms with E-state index >= 15 is 0 Å². The Morgan fingerprint density at radius 3 is 2.38 bits per heavy atom. The number of carbonyl (C=O) groups is 2. The lowest BCUT2D eigenvalue weighted by atomic mass is 10.0. The highest BCUT2D eigenvalue weighted by Crippen LogP contribution is 2.35. The molecule has 10 heteroatoms. The van der Waals surface area contributed by atoms with Crippen molar-refractivity contribution in [1.82, 2.24) is 10.3 Å². The van der Waals surface area contributed by atoms with Crippen LogP contribution in [-0.2, 0) is 12.8 Å². The van der Waals surface area contributed by atoms with Gasteiger partial charge in [0.05, 0.1) is 0 Å². The number of hydrogen-bond acceptors (Lipinski definition) is 4. The number of halogens is 3. The summed E-state index contributed by atoms with van der Waals surface area (Å²) in [5, 5.41) is 2.52. The minimum Gasteiger partial charge on any atom is -0.489 e. The topological polar surface area (TPSA) is 114 Å². The standard InChI is InChI=1S/C22H18F3N3O4/c1-27-20(30)14-4-2-3-12(9-14)11-32-15-7-5-13(6-8-15)16-10-17(19(26)29)21(31)28-18(16)22(23,24)25/h2-10H,11H2,1H3,(H2,26,29)(H,27,30)(H,28,31). The van der Waals surface area contributed by atoms with Crippen LogP contribution in [-0.4, -0.2) is 23.8 Å². The second kappa shape index (κ2) is 8.96. The van der Waals surface area contributed by atoms with Crippen LogP contribution < -0.4 is 21.3 Å². The zero-order chi connectivity index (χ0) is 23.5. The van der Waals surface area contributed by atoms with Gasteiger partial charge in [-0.05, 0) is 41.5 Å². The third-order valence-electron chi connectivity index (χ3n) is 4.58. The van der Waals surface area contributed by atoms with Gasteiger partial charge in [0.1, 0.15) is 23.6 Å². The minimum atomic E-state index is -4.85. The summed E-state index contributed by atoms with van der Waals surface area (Å²) >= 11 is 0. The maximum atomic E-state index is 13.4. The first-order valence-electron chi connectivity index (χ1n) is 9.28. The van der Waals surface area contributed by atoms with E-state index in [4.69, 9.17) is 10.5 Å². The van der Waals surface area contributed by atoms with Gasteiger partial charge in [-0.15, -0.1) is 0 Å². The Morgan fingerprint density at radius 2 is 1.78 bits per heavy atom. The molecule has 0 fully saturated rings. The van der Waals surface area contributed by atoms with Gasteiger partial charge in [0, 0.05) is 18.2 Å². The number of H-pyrrole nitrogens is 1. The van der Waals surface area contributed by atoms with Crippen molar-refractivity contribution in [1.29, 1.82) is 0 Å². The van der Waals surface area contributed by atoms with E-state index in [0.717, 1.165) is 11.6 Å². The molecule has 0 aliphatic carbocycles. The van der Waals surface area contributed by atoms with Crippen LogP contribution in [0, 0.1) is 0 Å². The molecule has 166 valence electrons. The van der Waals surface area contributed by atoms with E-state index in [0.29, 0.717) is 11.3 Å². The van der Waals surface area contributed by atoms with Gasteiger partial charge in [0.15, 0.2) is 0 Å². The zero-order valence-corrected chi connectivity index (χ0v) is 16.7. The van der Waals surface area contributed by atoms with Gasteiger partial charge in [-0.3, -0.25) is 14.4 Å². The summed E-state index contributed by atoms with van der Waals surface area (Å²) in [5.74, 6) is -1.01. The van der Waals surface area contributed by atoms with Crippen LogP contribution in [0.5, 0.6) is 5.75 Å². The highest BCUT2D eigenvalue weighted by atomic mass is 19.4. The predicted octanol–water partition coefficient (Wildman–Crippen LogP) is 3.10. The van der Waals surface area contributed by atoms with E-state index in [-0.39, 0.29) is 18.1 Å². The average molecular weight is 445 g/mol. The maximum absolute atomic E-state index is 13.4. The number of alkyl halides is 3. The third kappa shape index (κ3) is 4.97. The number of nitrogens with one attached hydrogen (secondary N) is 2. The van der Waals surface area contributed by atoms with Gasteiger partial charge in [-0.1, -0.05) is 24.3 Å². The smallest absolute Gasteiger partial charge is 0.431 e. The lowest BCUT2D eigenvalue weighted by Crippen LogP contribution is -2.27. The molecule has 0 unspecified atom stereocenters. The van der Waals surface area contributed by atoms with Gasteiger partial charge in [0.2, 0.25) is 0 Å². The molecule has 1 heterocycles. The Hall–Kier alpha value is -4.08. The molecule has 3 rings (SSSR count). The Labute approximate surface area is 180 Å². The molecular weight excluding hydrogens is 427 g/mol. The van der Waals surface area contributed by atoms with Gasteiger partial charge in [-0.25, -0.2) is 0 Å². The normalized spacial score (nSPS) is 11.1. The Balaban J connectivity index is 1.86. The number of amides is 2. The molecule has 0 spiro atoms. The van der Waals surface area contributed by atoms with E-state index in [1.54, 1.807) is 29.2 Å². The summed E-state index contributed by atoms with van der Waals surface area (Å²) in [6.45, 7) is 0.127. The van der Waals surface area contributed by atoms with E-state index < -0.39 is 34.5 Å². The molecule has 4 N–H and O–H groups in total. The van der Waals surface area contributed by atoms with Crippen molar-refractivity contribution in [2.45, 2.75) is 12.8 Å². The monoisotopic (exact) mass is 445 g/mol. The van der Waals surface area contributed by atoms with Crippen molar-refractivity contribution >= 4 is 11.8 Å². The first-order chi connectivity index (χ1) is 15.1. The first-order valence-corrected chi connectivity index (χ1v) is 9.28. The number of hydrogen-bond donors (Lipinski definition) is 3. The summed E-state index contributed by atoms with van der Waals surface area (Å²) in [4.78, 5) is 36.6. The van der Waals surface area contributed by atoms with Crippen LogP contribution in [0.4, 0.5) is 13.2 Å². The molecular formula is C22H18F3N3O4. The van der Waals surface area contributed by atoms with Crippen LogP contribution in [0.1, 0.15) is 32.0 Å². The molecule has 2 aromatic carbocycles. The zero-order valence-electron chi connectivity index (χ0n) is 16.7. The van der Waals surface area contributed by atoms with Crippen molar-refractivity contribution in [2.75, 3.05) is 7.05 Å². The average Bonchev–Trinajstić information content (AvgIpc) is 2.76. The van der Waals surface area contributed by atoms with E-state index in [1.807, 2.05) is 0 Å². The quantitative estimate of drug-likeness (QED) is 0.541. The molecule has 7 nitrogen and oxygen atoms in total. The van der Waals surface area contributed by atoms with E-state index in [1.165, 1.54) is 31.3 Å². The fraction of sp³-hybridized carbons (Fsp3) is 0.136. The second-order valence-electron chi connectivity index (χ2n) is 6.76. The molecule has 0 aliphatic rings. The minimum absolute atomic E-state index is 0.102. The molecule has 0 saturated heterocycles. The van der Waals surface area contributed by atoms with Crippen LogP contribution in [0.2, 0.25) is 0 Å². The summed E-state index contributed by atoms with van der Waals surface area (Å²) in [7, 11) is 1.52. The molecule has 0 atom stereocenters. The van der Waals surface area contributed by atoms with Crippen molar-refractivity contribution < 1.29 is 27.5 Å². The summed E-state index contributed by atoms with van der Waals surface area (Å²) in [6, 6.07) is 13.2. The number of rotatable bonds is 6. The van der Waals surface area contributed by atoms with Gasteiger partial charge in [-0.2, -0.15) is 13.2 Å². The van der Waals surface area contributed by atoms with Crippen LogP contribution >= 0.6 is 0 Å². The number of carbonyl (C=O) groups excluding carboxylic acids is 2. The highest BCUT2D eigenvalue weighted by molar-refractivity contribution is 5.94. The lowest BCUT2D eigenvalue weighted by molar-refractivity contribution is -0.140. The summed E-state index contributed by atoms with van der Waals surface area (Å²) in [5.41, 5.74) is 2.91. The van der Waals surface area contributed by atoms with Crippen molar-refractivity contribution in [3.05, 3.63) is 87.3 Å². The number of primary amides is 1. The molecule has 32 heavy (non-hydrogen) atoms. The number of nitrogens with two attached hydrogens (primary N) is 1. The van der Waals surface area contributed by atoms with Gasteiger partial charge in [0.25, 0.3) is 17.4 Å². The van der Waals surface area contributed by atoms with Crippen molar-refractivity contribution in [2.24, 2.45) is 5.73 Å². The van der Waals surface area contributed by atoms with Crippen molar-refractivity contribution in [3.63, 3.8) is 0 Å².